The van der Waals surface area contributed by atoms with E-state index in [2.05, 4.69) is 0 Å². The normalized spacial score (nSPS) is 11.6. The summed E-state index contributed by atoms with van der Waals surface area (Å²) in [7, 11) is -0.473. The van der Waals surface area contributed by atoms with Crippen LogP contribution in [0.25, 0.3) is 0 Å². The first-order valence-electron chi connectivity index (χ1n) is 6.27. The van der Waals surface area contributed by atoms with Crippen LogP contribution >= 0.6 is 11.6 Å². The van der Waals surface area contributed by atoms with E-state index >= 15 is 0 Å². The van der Waals surface area contributed by atoms with Crippen molar-refractivity contribution in [3.63, 3.8) is 0 Å². The van der Waals surface area contributed by atoms with Gasteiger partial charge in [-0.25, -0.2) is 8.78 Å². The highest BCUT2D eigenvalue weighted by atomic mass is 35.5. The molecule has 0 unspecified atom stereocenters. The number of benzene rings is 2. The minimum atomic E-state index is -0.473. The van der Waals surface area contributed by atoms with Gasteiger partial charge in [0.15, 0.2) is 0 Å². The lowest BCUT2D eigenvalue weighted by molar-refractivity contribution is 0.626. The van der Waals surface area contributed by atoms with Crippen LogP contribution in [0.5, 0.6) is 0 Å². The van der Waals surface area contributed by atoms with Gasteiger partial charge < -0.3 is 0 Å². The van der Waals surface area contributed by atoms with Crippen LogP contribution in [0.15, 0.2) is 48.5 Å². The van der Waals surface area contributed by atoms with Crippen LogP contribution in [0.2, 0.25) is 6.04 Å². The lowest BCUT2D eigenvalue weighted by Gasteiger charge is -2.17. The molecule has 4 heteroatoms. The summed E-state index contributed by atoms with van der Waals surface area (Å²) in [5.41, 5.74) is 2.44. The number of hydrogen-bond donors (Lipinski definition) is 0. The fourth-order valence-electron chi connectivity index (χ4n) is 2.20. The van der Waals surface area contributed by atoms with Crippen molar-refractivity contribution >= 4 is 21.1 Å². The van der Waals surface area contributed by atoms with Crippen molar-refractivity contribution in [1.82, 2.24) is 0 Å². The lowest BCUT2D eigenvalue weighted by Crippen LogP contribution is -2.10. The van der Waals surface area contributed by atoms with Crippen molar-refractivity contribution in [2.24, 2.45) is 0 Å². The highest BCUT2D eigenvalue weighted by molar-refractivity contribution is 6.41. The van der Waals surface area contributed by atoms with Crippen molar-refractivity contribution in [1.29, 1.82) is 0 Å². The van der Waals surface area contributed by atoms with Crippen molar-refractivity contribution in [3.05, 3.63) is 71.3 Å². The van der Waals surface area contributed by atoms with Crippen LogP contribution in [0, 0.1) is 11.6 Å². The minimum Gasteiger partial charge on any atom is -0.207 e. The summed E-state index contributed by atoms with van der Waals surface area (Å²) in [6.07, 6.45) is 0. The number of hydrogen-bond acceptors (Lipinski definition) is 0. The average Bonchev–Trinajstić information content (AvgIpc) is 2.43. The smallest absolute Gasteiger partial charge is 0.123 e. The molecule has 2 rings (SSSR count). The molecule has 0 aromatic heterocycles. The van der Waals surface area contributed by atoms with Crippen molar-refractivity contribution in [2.45, 2.75) is 11.6 Å². The summed E-state index contributed by atoms with van der Waals surface area (Å²) in [5, 5.41) is 0. The van der Waals surface area contributed by atoms with Gasteiger partial charge in [-0.05, 0) is 47.0 Å². The second-order valence-electron chi connectivity index (χ2n) is 4.49. The predicted molar refractivity (Wildman–Crippen MR) is 78.7 cm³/mol. The maximum Gasteiger partial charge on any atom is 0.123 e. The first-order valence-corrected chi connectivity index (χ1v) is 8.62. The van der Waals surface area contributed by atoms with Gasteiger partial charge >= 0.3 is 0 Å². The van der Waals surface area contributed by atoms with E-state index < -0.39 is 9.52 Å². The highest BCUT2D eigenvalue weighted by Gasteiger charge is 2.14. The molecule has 0 aliphatic carbocycles. The van der Waals surface area contributed by atoms with E-state index in [9.17, 15) is 8.78 Å². The molecule has 0 atom stereocenters. The Morgan fingerprint density at radius 1 is 0.842 bits per heavy atom. The van der Waals surface area contributed by atoms with E-state index in [4.69, 9.17) is 11.6 Å². The number of rotatable bonds is 5. The standard InChI is InChI=1S/C15H15ClF2Si/c16-9-10-19-15(11-1-5-13(17)6-2-11)12-3-7-14(18)8-4-12/h1-8,15H,9-10,19H2. The first kappa shape index (κ1) is 14.2. The van der Waals surface area contributed by atoms with Crippen LogP contribution in [-0.4, -0.2) is 15.4 Å². The Bertz CT molecular complexity index is 465. The maximum atomic E-state index is 13.0. The quantitative estimate of drug-likeness (QED) is 0.580. The molecule has 0 saturated heterocycles. The topological polar surface area (TPSA) is 0 Å². The van der Waals surface area contributed by atoms with E-state index in [1.165, 1.54) is 24.3 Å². The van der Waals surface area contributed by atoms with E-state index in [1.54, 1.807) is 0 Å². The molecule has 2 aromatic rings. The van der Waals surface area contributed by atoms with Gasteiger partial charge in [-0.2, -0.15) is 0 Å². The Morgan fingerprint density at radius 2 is 1.26 bits per heavy atom. The molecule has 0 saturated carbocycles. The molecule has 0 nitrogen and oxygen atoms in total. The van der Waals surface area contributed by atoms with Crippen molar-refractivity contribution in [2.75, 3.05) is 5.88 Å². The average molecular weight is 297 g/mol. The predicted octanol–water partition coefficient (Wildman–Crippen LogP) is 3.88. The van der Waals surface area contributed by atoms with Crippen LogP contribution in [-0.2, 0) is 0 Å². The summed E-state index contributed by atoms with van der Waals surface area (Å²) in [4.78, 5) is 0. The van der Waals surface area contributed by atoms with E-state index in [0.717, 1.165) is 17.2 Å². The molecule has 0 radical (unpaired) electrons. The largest absolute Gasteiger partial charge is 0.207 e. The Kier molecular flexibility index (Phi) is 5.11. The molecule has 0 N–H and O–H groups in total. The Balaban J connectivity index is 2.29. The van der Waals surface area contributed by atoms with Gasteiger partial charge in [-0.1, -0.05) is 24.3 Å². The molecule has 0 aliphatic heterocycles. The zero-order chi connectivity index (χ0) is 13.7. The van der Waals surface area contributed by atoms with Gasteiger partial charge in [0, 0.05) is 15.4 Å². The van der Waals surface area contributed by atoms with Crippen LogP contribution < -0.4 is 0 Å². The molecule has 0 spiro atoms. The SMILES string of the molecule is Fc1ccc(C([SiH2]CCCl)c2ccc(F)cc2)cc1. The molecule has 19 heavy (non-hydrogen) atoms. The second-order valence-corrected chi connectivity index (χ2v) is 6.97. The van der Waals surface area contributed by atoms with Crippen LogP contribution in [0.4, 0.5) is 8.78 Å². The van der Waals surface area contributed by atoms with Gasteiger partial charge in [0.1, 0.15) is 11.6 Å². The molecule has 0 amide bonds. The van der Waals surface area contributed by atoms with Crippen molar-refractivity contribution in [3.8, 4) is 0 Å². The third-order valence-corrected chi connectivity index (χ3v) is 6.17. The van der Waals surface area contributed by atoms with Gasteiger partial charge in [0.05, 0.1) is 0 Å². The van der Waals surface area contributed by atoms with Crippen molar-refractivity contribution < 1.29 is 8.78 Å². The third kappa shape index (κ3) is 3.88. The van der Waals surface area contributed by atoms with Crippen LogP contribution in [0.1, 0.15) is 16.7 Å². The highest BCUT2D eigenvalue weighted by Crippen LogP contribution is 2.25. The molecule has 0 bridgehead atoms. The van der Waals surface area contributed by atoms with E-state index in [1.807, 2.05) is 24.3 Å². The third-order valence-electron chi connectivity index (χ3n) is 3.17. The number of alkyl halides is 1. The summed E-state index contributed by atoms with van der Waals surface area (Å²) in [6.45, 7) is 0. The summed E-state index contributed by atoms with van der Waals surface area (Å²) in [6, 6.07) is 14.1. The molecule has 2 aromatic carbocycles. The number of halogens is 3. The Hall–Kier alpha value is -1.19. The summed E-state index contributed by atoms with van der Waals surface area (Å²) < 4.78 is 26.0. The van der Waals surface area contributed by atoms with Crippen LogP contribution in [0.3, 0.4) is 0 Å². The molecule has 0 aliphatic rings. The van der Waals surface area contributed by atoms with E-state index in [0.29, 0.717) is 5.88 Å². The van der Waals surface area contributed by atoms with E-state index in [-0.39, 0.29) is 17.2 Å². The fraction of sp³-hybridized carbons (Fsp3) is 0.200. The Morgan fingerprint density at radius 3 is 1.63 bits per heavy atom. The summed E-state index contributed by atoms with van der Waals surface area (Å²) >= 11 is 5.79. The van der Waals surface area contributed by atoms with Gasteiger partial charge in [-0.15, -0.1) is 11.6 Å². The zero-order valence-electron chi connectivity index (χ0n) is 10.5. The first-order chi connectivity index (χ1) is 9.20. The van der Waals surface area contributed by atoms with Gasteiger partial charge in [0.2, 0.25) is 0 Å². The molecule has 100 valence electrons. The zero-order valence-corrected chi connectivity index (χ0v) is 12.6. The van der Waals surface area contributed by atoms with Gasteiger partial charge in [0.25, 0.3) is 0 Å². The minimum absolute atomic E-state index is 0.236. The maximum absolute atomic E-state index is 13.0. The lowest BCUT2D eigenvalue weighted by atomic mass is 10.0. The monoisotopic (exact) mass is 296 g/mol. The molecular weight excluding hydrogens is 282 g/mol. The molecule has 0 heterocycles. The Labute approximate surface area is 119 Å². The van der Waals surface area contributed by atoms with Gasteiger partial charge in [-0.3, -0.25) is 0 Å². The summed E-state index contributed by atoms with van der Waals surface area (Å²) in [5.74, 6) is 0.173. The molecular formula is C15H15ClF2Si. The second kappa shape index (κ2) is 6.82. The molecule has 0 fully saturated rings. The fourth-order valence-corrected chi connectivity index (χ4v) is 4.43.